The van der Waals surface area contributed by atoms with E-state index in [4.69, 9.17) is 11.6 Å². The highest BCUT2D eigenvalue weighted by atomic mass is 35.5. The first-order valence-corrected chi connectivity index (χ1v) is 9.66. The summed E-state index contributed by atoms with van der Waals surface area (Å²) in [5, 5.41) is 11.2. The van der Waals surface area contributed by atoms with Crippen LogP contribution in [0.25, 0.3) is 0 Å². The lowest BCUT2D eigenvalue weighted by atomic mass is 10.1. The topological polar surface area (TPSA) is 84.0 Å². The Morgan fingerprint density at radius 1 is 0.923 bits per heavy atom. The summed E-state index contributed by atoms with van der Waals surface area (Å²) in [7, 11) is -3.83. The molecule has 1 heterocycles. The summed E-state index contributed by atoms with van der Waals surface area (Å²) in [6.07, 6.45) is 0. The first-order chi connectivity index (χ1) is 12.3. The van der Waals surface area contributed by atoms with Crippen LogP contribution in [0.3, 0.4) is 0 Å². The average Bonchev–Trinajstić information content (AvgIpc) is 2.59. The number of aromatic nitrogens is 2. The van der Waals surface area contributed by atoms with Gasteiger partial charge in [-0.05, 0) is 49.7 Å². The van der Waals surface area contributed by atoms with Crippen molar-refractivity contribution in [2.24, 2.45) is 0 Å². The first kappa shape index (κ1) is 18.2. The summed E-state index contributed by atoms with van der Waals surface area (Å²) in [6, 6.07) is 15.4. The SMILES string of the molecule is Cc1ccc(Nc2ccc(NS(=O)(=O)c3ccccc3Cl)nn2)c(C)c1. The Morgan fingerprint density at radius 2 is 1.62 bits per heavy atom. The molecule has 0 unspecified atom stereocenters. The number of nitrogens with zero attached hydrogens (tertiary/aromatic N) is 2. The van der Waals surface area contributed by atoms with Crippen molar-refractivity contribution < 1.29 is 8.42 Å². The number of rotatable bonds is 5. The zero-order valence-electron chi connectivity index (χ0n) is 14.2. The summed E-state index contributed by atoms with van der Waals surface area (Å²) in [4.78, 5) is -0.0130. The van der Waals surface area contributed by atoms with E-state index in [1.807, 2.05) is 26.0 Å². The minimum Gasteiger partial charge on any atom is -0.339 e. The van der Waals surface area contributed by atoms with Gasteiger partial charge in [-0.25, -0.2) is 8.42 Å². The molecule has 3 aromatic rings. The maximum atomic E-state index is 12.4. The van der Waals surface area contributed by atoms with Crippen LogP contribution in [0.1, 0.15) is 11.1 Å². The fourth-order valence-electron chi connectivity index (χ4n) is 2.40. The van der Waals surface area contributed by atoms with Gasteiger partial charge in [0.25, 0.3) is 10.0 Å². The van der Waals surface area contributed by atoms with E-state index in [1.54, 1.807) is 18.2 Å². The summed E-state index contributed by atoms with van der Waals surface area (Å²) in [6.45, 7) is 4.02. The highest BCUT2D eigenvalue weighted by Crippen LogP contribution is 2.23. The number of hydrogen-bond acceptors (Lipinski definition) is 5. The molecule has 0 aliphatic carbocycles. The number of nitrogens with one attached hydrogen (secondary N) is 2. The lowest BCUT2D eigenvalue weighted by Gasteiger charge is -2.10. The second kappa shape index (κ2) is 7.31. The van der Waals surface area contributed by atoms with Crippen molar-refractivity contribution in [3.63, 3.8) is 0 Å². The molecule has 8 heteroatoms. The first-order valence-electron chi connectivity index (χ1n) is 7.80. The molecular formula is C18H17ClN4O2S. The maximum absolute atomic E-state index is 12.4. The molecule has 2 aromatic carbocycles. The molecule has 0 saturated carbocycles. The fraction of sp³-hybridized carbons (Fsp3) is 0.111. The van der Waals surface area contributed by atoms with Crippen molar-refractivity contribution >= 4 is 38.9 Å². The molecule has 0 spiro atoms. The number of sulfonamides is 1. The predicted molar refractivity (Wildman–Crippen MR) is 103 cm³/mol. The minimum atomic E-state index is -3.83. The van der Waals surface area contributed by atoms with Crippen molar-refractivity contribution in [1.29, 1.82) is 0 Å². The van der Waals surface area contributed by atoms with Crippen LogP contribution < -0.4 is 10.0 Å². The minimum absolute atomic E-state index is 0.0130. The Bertz CT molecular complexity index is 1040. The van der Waals surface area contributed by atoms with Crippen LogP contribution in [-0.2, 0) is 10.0 Å². The highest BCUT2D eigenvalue weighted by Gasteiger charge is 2.18. The Kier molecular flexibility index (Phi) is 5.11. The Labute approximate surface area is 157 Å². The highest BCUT2D eigenvalue weighted by molar-refractivity contribution is 7.92. The fourth-order valence-corrected chi connectivity index (χ4v) is 3.92. The molecule has 0 aliphatic rings. The molecule has 0 saturated heterocycles. The van der Waals surface area contributed by atoms with Gasteiger partial charge in [-0.2, -0.15) is 0 Å². The monoisotopic (exact) mass is 388 g/mol. The van der Waals surface area contributed by atoms with Crippen LogP contribution in [0.4, 0.5) is 17.3 Å². The van der Waals surface area contributed by atoms with Crippen LogP contribution in [-0.4, -0.2) is 18.6 Å². The molecule has 134 valence electrons. The third kappa shape index (κ3) is 4.12. The van der Waals surface area contributed by atoms with Gasteiger partial charge in [0.1, 0.15) is 4.90 Å². The molecule has 1 aromatic heterocycles. The normalized spacial score (nSPS) is 11.2. The van der Waals surface area contributed by atoms with Crippen molar-refractivity contribution in [1.82, 2.24) is 10.2 Å². The van der Waals surface area contributed by atoms with Gasteiger partial charge >= 0.3 is 0 Å². The van der Waals surface area contributed by atoms with Crippen LogP contribution in [0, 0.1) is 13.8 Å². The molecule has 26 heavy (non-hydrogen) atoms. The Balaban J connectivity index is 1.76. The molecule has 0 amide bonds. The van der Waals surface area contributed by atoms with Gasteiger partial charge in [-0.3, -0.25) is 4.72 Å². The van der Waals surface area contributed by atoms with Gasteiger partial charge in [0.15, 0.2) is 11.6 Å². The number of halogens is 1. The summed E-state index contributed by atoms with van der Waals surface area (Å²) < 4.78 is 27.2. The van der Waals surface area contributed by atoms with Crippen LogP contribution in [0.5, 0.6) is 0 Å². The molecular weight excluding hydrogens is 372 g/mol. The van der Waals surface area contributed by atoms with Gasteiger partial charge in [0, 0.05) is 5.69 Å². The van der Waals surface area contributed by atoms with Crippen molar-refractivity contribution in [3.05, 3.63) is 70.7 Å². The third-order valence-electron chi connectivity index (χ3n) is 3.67. The van der Waals surface area contributed by atoms with Crippen molar-refractivity contribution in [2.75, 3.05) is 10.0 Å². The Morgan fingerprint density at radius 3 is 2.27 bits per heavy atom. The molecule has 2 N–H and O–H groups in total. The molecule has 0 fully saturated rings. The van der Waals surface area contributed by atoms with Crippen LogP contribution in [0.2, 0.25) is 5.02 Å². The number of hydrogen-bond donors (Lipinski definition) is 2. The molecule has 3 rings (SSSR count). The number of aryl methyl sites for hydroxylation is 2. The van der Waals surface area contributed by atoms with E-state index in [9.17, 15) is 8.42 Å². The maximum Gasteiger partial charge on any atom is 0.264 e. The van der Waals surface area contributed by atoms with Gasteiger partial charge in [-0.15, -0.1) is 10.2 Å². The number of anilines is 3. The van der Waals surface area contributed by atoms with Crippen LogP contribution in [0.15, 0.2) is 59.5 Å². The van der Waals surface area contributed by atoms with E-state index in [0.717, 1.165) is 11.3 Å². The van der Waals surface area contributed by atoms with E-state index >= 15 is 0 Å². The molecule has 0 aliphatic heterocycles. The molecule has 0 atom stereocenters. The second-order valence-corrected chi connectivity index (χ2v) is 7.84. The standard InChI is InChI=1S/C18H17ClN4O2S/c1-12-7-8-15(13(2)11-12)20-17-9-10-18(22-21-17)23-26(24,25)16-6-4-3-5-14(16)19/h3-11H,1-2H3,(H,20,21)(H,22,23). The third-order valence-corrected chi connectivity index (χ3v) is 5.53. The van der Waals surface area contributed by atoms with E-state index in [2.05, 4.69) is 26.3 Å². The lowest BCUT2D eigenvalue weighted by molar-refractivity contribution is 0.601. The van der Waals surface area contributed by atoms with Gasteiger partial charge in [-0.1, -0.05) is 41.4 Å². The summed E-state index contributed by atoms with van der Waals surface area (Å²) in [5.41, 5.74) is 3.16. The zero-order valence-corrected chi connectivity index (χ0v) is 15.8. The van der Waals surface area contributed by atoms with Crippen LogP contribution >= 0.6 is 11.6 Å². The van der Waals surface area contributed by atoms with Gasteiger partial charge in [0.2, 0.25) is 0 Å². The van der Waals surface area contributed by atoms with E-state index in [-0.39, 0.29) is 15.7 Å². The largest absolute Gasteiger partial charge is 0.339 e. The van der Waals surface area contributed by atoms with E-state index in [0.29, 0.717) is 5.82 Å². The van der Waals surface area contributed by atoms with Gasteiger partial charge < -0.3 is 5.32 Å². The summed E-state index contributed by atoms with van der Waals surface area (Å²) in [5.74, 6) is 0.619. The van der Waals surface area contributed by atoms with Crippen molar-refractivity contribution in [3.8, 4) is 0 Å². The second-order valence-electron chi connectivity index (χ2n) is 5.78. The van der Waals surface area contributed by atoms with E-state index < -0.39 is 10.0 Å². The van der Waals surface area contributed by atoms with Crippen molar-refractivity contribution in [2.45, 2.75) is 18.7 Å². The quantitative estimate of drug-likeness (QED) is 0.681. The van der Waals surface area contributed by atoms with E-state index in [1.165, 1.54) is 23.8 Å². The lowest BCUT2D eigenvalue weighted by Crippen LogP contribution is -2.14. The number of benzene rings is 2. The summed E-state index contributed by atoms with van der Waals surface area (Å²) >= 11 is 5.95. The average molecular weight is 389 g/mol. The Hall–Kier alpha value is -2.64. The smallest absolute Gasteiger partial charge is 0.264 e. The zero-order chi connectivity index (χ0) is 18.7. The van der Waals surface area contributed by atoms with Gasteiger partial charge in [0.05, 0.1) is 5.02 Å². The molecule has 6 nitrogen and oxygen atoms in total. The molecule has 0 radical (unpaired) electrons. The predicted octanol–water partition coefficient (Wildman–Crippen LogP) is 4.29. The molecule has 0 bridgehead atoms.